The first-order valence-corrected chi connectivity index (χ1v) is 8.50. The van der Waals surface area contributed by atoms with E-state index in [1.165, 1.54) is 27.1 Å². The van der Waals surface area contributed by atoms with Gasteiger partial charge >= 0.3 is 0 Å². The van der Waals surface area contributed by atoms with Crippen molar-refractivity contribution in [3.05, 3.63) is 69.6 Å². The van der Waals surface area contributed by atoms with E-state index in [1.807, 2.05) is 0 Å². The summed E-state index contributed by atoms with van der Waals surface area (Å²) in [6.07, 6.45) is 2.18. The van der Waals surface area contributed by atoms with Crippen molar-refractivity contribution in [3.8, 4) is 0 Å². The van der Waals surface area contributed by atoms with Crippen molar-refractivity contribution in [2.45, 2.75) is 20.4 Å². The third-order valence-corrected chi connectivity index (χ3v) is 4.98. The summed E-state index contributed by atoms with van der Waals surface area (Å²) < 4.78 is 0. The van der Waals surface area contributed by atoms with Crippen LogP contribution in [0.1, 0.15) is 16.7 Å². The first-order valence-electron chi connectivity index (χ1n) is 8.50. The summed E-state index contributed by atoms with van der Waals surface area (Å²) in [5.41, 5.74) is 5.77. The van der Waals surface area contributed by atoms with E-state index in [0.717, 1.165) is 26.2 Å². The predicted molar refractivity (Wildman–Crippen MR) is 96.3 cm³/mol. The molecule has 2 aliphatic rings. The average Bonchev–Trinajstić information content (AvgIpc) is 2.81. The van der Waals surface area contributed by atoms with Crippen LogP contribution in [0.5, 0.6) is 0 Å². The lowest BCUT2D eigenvalue weighted by Crippen LogP contribution is -2.28. The maximum Gasteiger partial charge on any atom is 0.0237 e. The maximum absolute atomic E-state index is 3.51. The smallest absolute Gasteiger partial charge is 0.0237 e. The Bertz CT molecular complexity index is 830. The molecular formula is C21H24N2. The molecule has 2 nitrogen and oxygen atoms in total. The molecule has 1 unspecified atom stereocenters. The molecule has 0 saturated carbocycles. The number of hydrogen-bond acceptors (Lipinski definition) is 2. The highest BCUT2D eigenvalue weighted by molar-refractivity contribution is 5.55. The monoisotopic (exact) mass is 304 g/mol. The number of benzene rings is 2. The van der Waals surface area contributed by atoms with Crippen LogP contribution in [0.15, 0.2) is 42.5 Å². The van der Waals surface area contributed by atoms with Crippen LogP contribution >= 0.6 is 0 Å². The Hall–Kier alpha value is -2.06. The molecule has 2 aliphatic heterocycles. The molecule has 2 aromatic rings. The molecule has 0 spiro atoms. The van der Waals surface area contributed by atoms with Gasteiger partial charge in [0.2, 0.25) is 0 Å². The number of nitrogens with one attached hydrogen (secondary N) is 1. The lowest BCUT2D eigenvalue weighted by atomic mass is 10.0. The standard InChI is InChI=1S/C21H24N2/c1-15-7-16(2)9-17(8-15)12-23-13-19-11-22-10-18-5-3-4-6-20(18)21(19)14-23/h3-10,19,22H,11-14H2,1-2H3. The molecular weight excluding hydrogens is 280 g/mol. The van der Waals surface area contributed by atoms with Crippen LogP contribution in [0.25, 0.3) is 11.8 Å². The minimum Gasteiger partial charge on any atom is -0.390 e. The summed E-state index contributed by atoms with van der Waals surface area (Å²) in [5, 5.41) is 6.27. The van der Waals surface area contributed by atoms with Gasteiger partial charge in [-0.3, -0.25) is 4.90 Å². The van der Waals surface area contributed by atoms with Crippen molar-refractivity contribution in [3.63, 3.8) is 0 Å². The Kier molecular flexibility index (Phi) is 3.70. The van der Waals surface area contributed by atoms with Gasteiger partial charge in [0.1, 0.15) is 0 Å². The van der Waals surface area contributed by atoms with Gasteiger partial charge in [0.25, 0.3) is 0 Å². The van der Waals surface area contributed by atoms with Crippen molar-refractivity contribution in [2.75, 3.05) is 19.6 Å². The third-order valence-electron chi connectivity index (χ3n) is 4.98. The Morgan fingerprint density at radius 2 is 1.87 bits per heavy atom. The molecule has 1 fully saturated rings. The molecule has 0 bridgehead atoms. The molecule has 4 rings (SSSR count). The third kappa shape index (κ3) is 2.91. The van der Waals surface area contributed by atoms with Gasteiger partial charge in [-0.05, 0) is 35.4 Å². The average molecular weight is 304 g/mol. The lowest BCUT2D eigenvalue weighted by Gasteiger charge is -2.16. The number of fused-ring (bicyclic) bond motifs is 2. The van der Waals surface area contributed by atoms with Gasteiger partial charge in [0.15, 0.2) is 0 Å². The van der Waals surface area contributed by atoms with Crippen LogP contribution in [-0.2, 0) is 6.54 Å². The largest absolute Gasteiger partial charge is 0.390 e. The van der Waals surface area contributed by atoms with Gasteiger partial charge in [0.05, 0.1) is 0 Å². The van der Waals surface area contributed by atoms with E-state index >= 15 is 0 Å². The van der Waals surface area contributed by atoms with Crippen LogP contribution in [0.3, 0.4) is 0 Å². The summed E-state index contributed by atoms with van der Waals surface area (Å²) in [6.45, 7) is 8.72. The molecule has 1 N–H and O–H groups in total. The fraction of sp³-hybridized carbons (Fsp3) is 0.333. The SMILES string of the molecule is Cc1cc(C)cc(CN2CC3=c4ccccc4=CNCC3C2)c1. The first kappa shape index (κ1) is 14.5. The fourth-order valence-corrected chi connectivity index (χ4v) is 4.11. The van der Waals surface area contributed by atoms with Crippen molar-refractivity contribution >= 4 is 11.8 Å². The first-order chi connectivity index (χ1) is 11.2. The van der Waals surface area contributed by atoms with Crippen LogP contribution < -0.4 is 15.8 Å². The van der Waals surface area contributed by atoms with Gasteiger partial charge in [0, 0.05) is 38.3 Å². The van der Waals surface area contributed by atoms with E-state index in [1.54, 1.807) is 5.57 Å². The topological polar surface area (TPSA) is 15.3 Å². The predicted octanol–water partition coefficient (Wildman–Crippen LogP) is 1.93. The molecule has 0 amide bonds. The summed E-state index contributed by atoms with van der Waals surface area (Å²) in [6, 6.07) is 15.7. The Labute approximate surface area is 138 Å². The molecule has 2 heterocycles. The van der Waals surface area contributed by atoms with Gasteiger partial charge in [-0.2, -0.15) is 0 Å². The second kappa shape index (κ2) is 5.86. The van der Waals surface area contributed by atoms with Crippen LogP contribution in [0.4, 0.5) is 0 Å². The molecule has 2 heteroatoms. The van der Waals surface area contributed by atoms with Gasteiger partial charge < -0.3 is 5.32 Å². The molecule has 118 valence electrons. The maximum atomic E-state index is 3.51. The summed E-state index contributed by atoms with van der Waals surface area (Å²) in [4.78, 5) is 2.60. The molecule has 0 aromatic heterocycles. The fourth-order valence-electron chi connectivity index (χ4n) is 4.11. The van der Waals surface area contributed by atoms with E-state index in [2.05, 4.69) is 72.7 Å². The second-order valence-electron chi connectivity index (χ2n) is 7.03. The van der Waals surface area contributed by atoms with E-state index < -0.39 is 0 Å². The zero-order valence-electron chi connectivity index (χ0n) is 14.0. The molecule has 2 aromatic carbocycles. The summed E-state index contributed by atoms with van der Waals surface area (Å²) in [5.74, 6) is 0.626. The van der Waals surface area contributed by atoms with Gasteiger partial charge in [-0.1, -0.05) is 53.6 Å². The molecule has 23 heavy (non-hydrogen) atoms. The number of likely N-dealkylation sites (tertiary alicyclic amines) is 1. The number of nitrogens with zero attached hydrogens (tertiary/aromatic N) is 1. The molecule has 1 saturated heterocycles. The van der Waals surface area contributed by atoms with Gasteiger partial charge in [-0.15, -0.1) is 0 Å². The quantitative estimate of drug-likeness (QED) is 0.912. The van der Waals surface area contributed by atoms with Crippen LogP contribution in [0.2, 0.25) is 0 Å². The van der Waals surface area contributed by atoms with Crippen molar-refractivity contribution in [1.29, 1.82) is 0 Å². The summed E-state index contributed by atoms with van der Waals surface area (Å²) in [7, 11) is 0. The zero-order valence-corrected chi connectivity index (χ0v) is 14.0. The number of rotatable bonds is 2. The number of hydrogen-bond donors (Lipinski definition) is 1. The van der Waals surface area contributed by atoms with Crippen molar-refractivity contribution in [2.24, 2.45) is 5.92 Å². The van der Waals surface area contributed by atoms with Crippen LogP contribution in [-0.4, -0.2) is 24.5 Å². The highest BCUT2D eigenvalue weighted by atomic mass is 15.2. The minimum absolute atomic E-state index is 0.626. The Balaban J connectivity index is 1.65. The lowest BCUT2D eigenvalue weighted by molar-refractivity contribution is 0.317. The Morgan fingerprint density at radius 3 is 2.70 bits per heavy atom. The van der Waals surface area contributed by atoms with E-state index in [4.69, 9.17) is 0 Å². The summed E-state index contributed by atoms with van der Waals surface area (Å²) >= 11 is 0. The highest BCUT2D eigenvalue weighted by Crippen LogP contribution is 2.24. The minimum atomic E-state index is 0.626. The molecule has 1 atom stereocenters. The van der Waals surface area contributed by atoms with E-state index in [-0.39, 0.29) is 0 Å². The van der Waals surface area contributed by atoms with Crippen LogP contribution in [0, 0.1) is 19.8 Å². The van der Waals surface area contributed by atoms with E-state index in [9.17, 15) is 0 Å². The Morgan fingerprint density at radius 1 is 1.09 bits per heavy atom. The van der Waals surface area contributed by atoms with E-state index in [0.29, 0.717) is 5.92 Å². The normalized spacial score (nSPS) is 20.3. The number of aryl methyl sites for hydroxylation is 2. The van der Waals surface area contributed by atoms with Gasteiger partial charge in [-0.25, -0.2) is 0 Å². The second-order valence-corrected chi connectivity index (χ2v) is 7.03. The zero-order chi connectivity index (χ0) is 15.8. The highest BCUT2D eigenvalue weighted by Gasteiger charge is 2.28. The van der Waals surface area contributed by atoms with Crippen molar-refractivity contribution in [1.82, 2.24) is 10.2 Å². The molecule has 0 radical (unpaired) electrons. The van der Waals surface area contributed by atoms with Crippen molar-refractivity contribution < 1.29 is 0 Å². The molecule has 0 aliphatic carbocycles.